The highest BCUT2D eigenvalue weighted by Crippen LogP contribution is 2.35. The zero-order valence-corrected chi connectivity index (χ0v) is 20.7. The summed E-state index contributed by atoms with van der Waals surface area (Å²) in [5, 5.41) is 3.39. The monoisotopic (exact) mass is 530 g/mol. The van der Waals surface area contributed by atoms with Crippen LogP contribution in [0.1, 0.15) is 45.1 Å². The van der Waals surface area contributed by atoms with Crippen LogP contribution in [-0.2, 0) is 11.3 Å². The van der Waals surface area contributed by atoms with Gasteiger partial charge in [0.25, 0.3) is 0 Å². The van der Waals surface area contributed by atoms with Crippen LogP contribution < -0.4 is 14.8 Å². The van der Waals surface area contributed by atoms with E-state index >= 15 is 0 Å². The third kappa shape index (κ3) is 6.39. The van der Waals surface area contributed by atoms with Crippen LogP contribution in [0.25, 0.3) is 0 Å². The number of carbonyl (C=O) groups is 1. The molecule has 1 aromatic carbocycles. The first-order valence-corrected chi connectivity index (χ1v) is 10.7. The summed E-state index contributed by atoms with van der Waals surface area (Å²) in [6.45, 7) is 8.06. The van der Waals surface area contributed by atoms with Gasteiger partial charge in [-0.25, -0.2) is 4.99 Å². The van der Waals surface area contributed by atoms with Crippen LogP contribution in [0.5, 0.6) is 11.5 Å². The van der Waals surface area contributed by atoms with Crippen LogP contribution in [0.4, 0.5) is 0 Å². The number of hydrogen-bond acceptors (Lipinski definition) is 4. The van der Waals surface area contributed by atoms with Crippen LogP contribution in [0, 0.1) is 0 Å². The lowest BCUT2D eigenvalue weighted by atomic mass is 10.1. The van der Waals surface area contributed by atoms with Crippen molar-refractivity contribution >= 4 is 35.8 Å². The quantitative estimate of drug-likeness (QED) is 0.348. The van der Waals surface area contributed by atoms with Crippen molar-refractivity contribution in [2.24, 2.45) is 4.99 Å². The summed E-state index contributed by atoms with van der Waals surface area (Å²) >= 11 is 0. The summed E-state index contributed by atoms with van der Waals surface area (Å²) < 4.78 is 11.9. The number of hydrogen-bond donors (Lipinski definition) is 1. The van der Waals surface area contributed by atoms with E-state index in [1.807, 2.05) is 17.0 Å². The third-order valence-electron chi connectivity index (χ3n) is 5.63. The van der Waals surface area contributed by atoms with Crippen molar-refractivity contribution in [3.63, 3.8) is 0 Å². The van der Waals surface area contributed by atoms with Gasteiger partial charge in [-0.05, 0) is 38.7 Å². The number of carbonyl (C=O) groups excluding carboxylic acids is 1. The lowest BCUT2D eigenvalue weighted by molar-refractivity contribution is -0.130. The number of benzene rings is 1. The number of nitrogens with zero attached hydrogens (tertiary/aromatic N) is 3. The molecule has 168 valence electrons. The highest BCUT2D eigenvalue weighted by molar-refractivity contribution is 14.0. The molecule has 2 aliphatic rings. The fourth-order valence-electron chi connectivity index (χ4n) is 3.97. The number of piperazine rings is 1. The Morgan fingerprint density at radius 1 is 1.17 bits per heavy atom. The van der Waals surface area contributed by atoms with Crippen LogP contribution in [0.15, 0.2) is 23.2 Å². The predicted octanol–water partition coefficient (Wildman–Crippen LogP) is 3.26. The molecule has 30 heavy (non-hydrogen) atoms. The van der Waals surface area contributed by atoms with E-state index < -0.39 is 0 Å². The molecule has 8 heteroatoms. The molecule has 1 aliphatic heterocycles. The number of amides is 1. The Balaban J connectivity index is 0.00000320. The predicted molar refractivity (Wildman–Crippen MR) is 130 cm³/mol. The Hall–Kier alpha value is -1.71. The first kappa shape index (κ1) is 24.6. The van der Waals surface area contributed by atoms with Gasteiger partial charge < -0.3 is 24.6 Å². The molecule has 1 saturated heterocycles. The molecule has 0 aromatic heterocycles. The van der Waals surface area contributed by atoms with Crippen molar-refractivity contribution < 1.29 is 14.3 Å². The standard InChI is InChI=1S/C22H34N4O3.HI/c1-4-23-22(26-14-12-25(13-15-26)17(2)27)24-16-18-8-7-11-20(28-3)21(18)29-19-9-5-6-10-19;/h7-8,11,19H,4-6,9-10,12-16H2,1-3H3,(H,23,24);1H. The van der Waals surface area contributed by atoms with E-state index in [0.29, 0.717) is 6.54 Å². The number of ether oxygens (including phenoxy) is 2. The van der Waals surface area contributed by atoms with Crippen molar-refractivity contribution in [1.82, 2.24) is 15.1 Å². The Kier molecular flexibility index (Phi) is 10.0. The third-order valence-corrected chi connectivity index (χ3v) is 5.63. The molecule has 0 radical (unpaired) electrons. The molecule has 1 heterocycles. The van der Waals surface area contributed by atoms with Crippen molar-refractivity contribution in [2.75, 3.05) is 39.8 Å². The maximum Gasteiger partial charge on any atom is 0.219 e. The highest BCUT2D eigenvalue weighted by atomic mass is 127. The van der Waals surface area contributed by atoms with Gasteiger partial charge in [0.15, 0.2) is 17.5 Å². The van der Waals surface area contributed by atoms with Gasteiger partial charge in [0.05, 0.1) is 19.8 Å². The molecule has 0 unspecified atom stereocenters. The van der Waals surface area contributed by atoms with Gasteiger partial charge in [0.2, 0.25) is 5.91 Å². The minimum Gasteiger partial charge on any atom is -0.493 e. The Morgan fingerprint density at radius 3 is 2.43 bits per heavy atom. The average Bonchev–Trinajstić information content (AvgIpc) is 3.25. The first-order valence-electron chi connectivity index (χ1n) is 10.7. The average molecular weight is 530 g/mol. The summed E-state index contributed by atoms with van der Waals surface area (Å²) in [7, 11) is 1.68. The number of methoxy groups -OCH3 is 1. The number of nitrogens with one attached hydrogen (secondary N) is 1. The van der Waals surface area contributed by atoms with Gasteiger partial charge in [-0.3, -0.25) is 4.79 Å². The zero-order chi connectivity index (χ0) is 20.6. The van der Waals surface area contributed by atoms with E-state index in [9.17, 15) is 4.79 Å². The van der Waals surface area contributed by atoms with Crippen molar-refractivity contribution in [1.29, 1.82) is 0 Å². The fraction of sp³-hybridized carbons (Fsp3) is 0.636. The Bertz CT molecular complexity index is 714. The van der Waals surface area contributed by atoms with Gasteiger partial charge >= 0.3 is 0 Å². The SMILES string of the molecule is CCNC(=NCc1cccc(OC)c1OC1CCCC1)N1CCN(C(C)=O)CC1.I. The molecule has 7 nitrogen and oxygen atoms in total. The molecular weight excluding hydrogens is 495 g/mol. The smallest absolute Gasteiger partial charge is 0.219 e. The van der Waals surface area contributed by atoms with Crippen LogP contribution in [0.2, 0.25) is 0 Å². The Morgan fingerprint density at radius 2 is 1.83 bits per heavy atom. The van der Waals surface area contributed by atoms with Crippen molar-refractivity contribution in [3.8, 4) is 11.5 Å². The molecule has 0 atom stereocenters. The Labute approximate surface area is 197 Å². The van der Waals surface area contributed by atoms with E-state index in [0.717, 1.165) is 68.6 Å². The van der Waals surface area contributed by atoms with Gasteiger partial charge in [-0.1, -0.05) is 12.1 Å². The van der Waals surface area contributed by atoms with Crippen LogP contribution in [-0.4, -0.2) is 67.6 Å². The number of rotatable bonds is 6. The van der Waals surface area contributed by atoms with Gasteiger partial charge in [-0.15, -0.1) is 24.0 Å². The van der Waals surface area contributed by atoms with Gasteiger partial charge in [-0.2, -0.15) is 0 Å². The number of halogens is 1. The maximum atomic E-state index is 11.6. The zero-order valence-electron chi connectivity index (χ0n) is 18.4. The normalized spacial score (nSPS) is 17.5. The minimum atomic E-state index is 0. The topological polar surface area (TPSA) is 66.4 Å². The maximum absolute atomic E-state index is 11.6. The minimum absolute atomic E-state index is 0. The van der Waals surface area contributed by atoms with E-state index in [4.69, 9.17) is 14.5 Å². The van der Waals surface area contributed by atoms with E-state index in [1.165, 1.54) is 12.8 Å². The summed E-state index contributed by atoms with van der Waals surface area (Å²) in [5.74, 6) is 2.61. The highest BCUT2D eigenvalue weighted by Gasteiger charge is 2.22. The van der Waals surface area contributed by atoms with E-state index in [1.54, 1.807) is 14.0 Å². The lowest BCUT2D eigenvalue weighted by Gasteiger charge is -2.36. The summed E-state index contributed by atoms with van der Waals surface area (Å²) in [6, 6.07) is 6.00. The van der Waals surface area contributed by atoms with E-state index in [-0.39, 0.29) is 36.0 Å². The first-order chi connectivity index (χ1) is 14.1. The second-order valence-corrected chi connectivity index (χ2v) is 7.64. The summed E-state index contributed by atoms with van der Waals surface area (Å²) in [6.07, 6.45) is 4.92. The van der Waals surface area contributed by atoms with Gasteiger partial charge in [0.1, 0.15) is 0 Å². The molecule has 2 fully saturated rings. The van der Waals surface area contributed by atoms with Crippen molar-refractivity contribution in [3.05, 3.63) is 23.8 Å². The van der Waals surface area contributed by atoms with Gasteiger partial charge in [0, 0.05) is 45.2 Å². The summed E-state index contributed by atoms with van der Waals surface area (Å²) in [4.78, 5) is 20.6. The molecule has 0 bridgehead atoms. The second-order valence-electron chi connectivity index (χ2n) is 7.64. The molecule has 1 N–H and O–H groups in total. The van der Waals surface area contributed by atoms with Crippen LogP contribution >= 0.6 is 24.0 Å². The van der Waals surface area contributed by atoms with Crippen molar-refractivity contribution in [2.45, 2.75) is 52.2 Å². The number of aliphatic imine (C=N–C) groups is 1. The second kappa shape index (κ2) is 12.2. The molecule has 1 amide bonds. The largest absolute Gasteiger partial charge is 0.493 e. The molecule has 1 aliphatic carbocycles. The molecule has 3 rings (SSSR count). The molecule has 0 spiro atoms. The number of para-hydroxylation sites is 1. The lowest BCUT2D eigenvalue weighted by Crippen LogP contribution is -2.53. The molecular formula is C22H35IN4O3. The summed E-state index contributed by atoms with van der Waals surface area (Å²) in [5.41, 5.74) is 1.04. The number of guanidine groups is 1. The molecule has 1 aromatic rings. The molecule has 1 saturated carbocycles. The fourth-order valence-corrected chi connectivity index (χ4v) is 3.97. The van der Waals surface area contributed by atoms with Crippen LogP contribution in [0.3, 0.4) is 0 Å². The van der Waals surface area contributed by atoms with E-state index in [2.05, 4.69) is 23.2 Å².